The molecule has 0 fully saturated rings. The molecule has 0 spiro atoms. The Bertz CT molecular complexity index is 1450. The van der Waals surface area contributed by atoms with Crippen LogP contribution in [0.1, 0.15) is 50.4 Å². The number of hydrogen-bond donors (Lipinski definition) is 1. The summed E-state index contributed by atoms with van der Waals surface area (Å²) < 4.78 is 0. The van der Waals surface area contributed by atoms with Crippen molar-refractivity contribution in [1.29, 1.82) is 0 Å². The average Bonchev–Trinajstić information content (AvgIpc) is 3.50. The fourth-order valence-corrected chi connectivity index (χ4v) is 5.96. The third kappa shape index (κ3) is 6.38. The molecule has 1 aliphatic heterocycles. The molecule has 1 aliphatic rings. The Morgan fingerprint density at radius 2 is 1.24 bits per heavy atom. The summed E-state index contributed by atoms with van der Waals surface area (Å²) in [6, 6.07) is 41.6. The predicted octanol–water partition coefficient (Wildman–Crippen LogP) is 8.48. The second-order valence-corrected chi connectivity index (χ2v) is 10.6. The second kappa shape index (κ2) is 14.0. The minimum Gasteiger partial charge on any atom is -0.372 e. The first-order valence-corrected chi connectivity index (χ1v) is 15.4. The molecule has 0 saturated carbocycles. The number of nitrogens with zero attached hydrogens (tertiary/aromatic N) is 3. The number of nitrogens with one attached hydrogen (secondary N) is 1. The van der Waals surface area contributed by atoms with Crippen LogP contribution in [0, 0.1) is 0 Å². The maximum atomic E-state index is 3.89. The monoisotopic (exact) mass is 556 g/mol. The molecule has 0 radical (unpaired) electrons. The van der Waals surface area contributed by atoms with E-state index in [-0.39, 0.29) is 6.04 Å². The van der Waals surface area contributed by atoms with Crippen LogP contribution in [0.2, 0.25) is 0 Å². The molecule has 0 saturated heterocycles. The number of hydrazine groups is 1. The molecule has 1 N–H and O–H groups in total. The van der Waals surface area contributed by atoms with Crippen molar-refractivity contribution < 1.29 is 0 Å². The van der Waals surface area contributed by atoms with E-state index in [4.69, 9.17) is 0 Å². The van der Waals surface area contributed by atoms with E-state index in [9.17, 15) is 0 Å². The van der Waals surface area contributed by atoms with Crippen LogP contribution in [-0.4, -0.2) is 31.1 Å². The average molecular weight is 557 g/mol. The predicted molar refractivity (Wildman–Crippen MR) is 179 cm³/mol. The summed E-state index contributed by atoms with van der Waals surface area (Å²) in [5, 5.41) is 2.32. The summed E-state index contributed by atoms with van der Waals surface area (Å²) in [4.78, 5) is 4.89. The van der Waals surface area contributed by atoms with Gasteiger partial charge in [0.15, 0.2) is 0 Å². The highest BCUT2D eigenvalue weighted by atomic mass is 15.5. The van der Waals surface area contributed by atoms with Gasteiger partial charge in [0.1, 0.15) is 0 Å². The molecule has 1 unspecified atom stereocenters. The quantitative estimate of drug-likeness (QED) is 0.189. The third-order valence-corrected chi connectivity index (χ3v) is 8.20. The first kappa shape index (κ1) is 29.1. The van der Waals surface area contributed by atoms with Crippen molar-refractivity contribution in [1.82, 2.24) is 10.3 Å². The third-order valence-electron chi connectivity index (χ3n) is 8.20. The largest absolute Gasteiger partial charge is 0.372 e. The van der Waals surface area contributed by atoms with E-state index in [1.54, 1.807) is 0 Å². The van der Waals surface area contributed by atoms with Crippen molar-refractivity contribution >= 4 is 17.1 Å². The van der Waals surface area contributed by atoms with Crippen molar-refractivity contribution in [3.8, 4) is 0 Å². The zero-order valence-corrected chi connectivity index (χ0v) is 25.5. The molecule has 0 bridgehead atoms. The number of para-hydroxylation sites is 1. The van der Waals surface area contributed by atoms with E-state index in [0.29, 0.717) is 0 Å². The molecule has 4 aromatic carbocycles. The lowest BCUT2D eigenvalue weighted by Crippen LogP contribution is -2.35. The van der Waals surface area contributed by atoms with Gasteiger partial charge in [-0.1, -0.05) is 91.0 Å². The van der Waals surface area contributed by atoms with Crippen LogP contribution in [0.15, 0.2) is 133 Å². The van der Waals surface area contributed by atoms with Gasteiger partial charge in [0, 0.05) is 49.6 Å². The van der Waals surface area contributed by atoms with Gasteiger partial charge in [0.25, 0.3) is 0 Å². The van der Waals surface area contributed by atoms with E-state index in [2.05, 4.69) is 169 Å². The number of benzene rings is 4. The van der Waals surface area contributed by atoms with Crippen molar-refractivity contribution in [2.75, 3.05) is 36.1 Å². The molecule has 4 aromatic rings. The Labute approximate surface area is 252 Å². The number of hydrogen-bond acceptors (Lipinski definition) is 4. The minimum atomic E-state index is 0.0488. The number of anilines is 2. The smallest absolute Gasteiger partial charge is 0.0958 e. The van der Waals surface area contributed by atoms with Gasteiger partial charge in [-0.3, -0.25) is 10.4 Å². The van der Waals surface area contributed by atoms with E-state index >= 15 is 0 Å². The maximum absolute atomic E-state index is 3.89. The highest BCUT2D eigenvalue weighted by Gasteiger charge is 2.30. The van der Waals surface area contributed by atoms with Crippen molar-refractivity contribution in [3.05, 3.63) is 149 Å². The van der Waals surface area contributed by atoms with Gasteiger partial charge in [0.05, 0.1) is 17.4 Å². The Hall–Kier alpha value is -4.44. The van der Waals surface area contributed by atoms with Crippen LogP contribution < -0.4 is 15.3 Å². The Morgan fingerprint density at radius 3 is 1.81 bits per heavy atom. The van der Waals surface area contributed by atoms with Crippen LogP contribution in [0.4, 0.5) is 11.4 Å². The second-order valence-electron chi connectivity index (χ2n) is 10.6. The lowest BCUT2D eigenvalue weighted by atomic mass is 9.95. The van der Waals surface area contributed by atoms with Gasteiger partial charge in [0.2, 0.25) is 0 Å². The van der Waals surface area contributed by atoms with Gasteiger partial charge in [-0.15, -0.1) is 0 Å². The molecule has 216 valence electrons. The molecule has 1 heterocycles. The molecule has 42 heavy (non-hydrogen) atoms. The fraction of sp³-hybridized carbons (Fsp3) is 0.263. The summed E-state index contributed by atoms with van der Waals surface area (Å²) in [6.07, 6.45) is 3.25. The maximum Gasteiger partial charge on any atom is 0.0958 e. The van der Waals surface area contributed by atoms with Crippen molar-refractivity contribution in [3.63, 3.8) is 0 Å². The molecule has 0 amide bonds. The van der Waals surface area contributed by atoms with Crippen LogP contribution in [0.3, 0.4) is 0 Å². The highest BCUT2D eigenvalue weighted by molar-refractivity contribution is 5.73. The number of allylic oxidation sites excluding steroid dienone is 1. The van der Waals surface area contributed by atoms with Crippen LogP contribution in [-0.2, 0) is 6.42 Å². The standard InChI is InChI=1S/C38H44N4/c1-5-40(6-2)33-26-24-31(25-27-33)37-29-36(39-42(37)34-22-16-11-17-23-34)35(28-30-18-12-9-13-19-30)38(41(7-3)8-4)32-20-14-10-15-21-32/h9-27,29,37,39H,5-8,28H2,1-4H3. The first-order valence-electron chi connectivity index (χ1n) is 15.4. The molecular formula is C38H44N4. The molecular weight excluding hydrogens is 512 g/mol. The fourth-order valence-electron chi connectivity index (χ4n) is 5.96. The Kier molecular flexibility index (Phi) is 9.66. The molecule has 0 aromatic heterocycles. The lowest BCUT2D eigenvalue weighted by molar-refractivity contribution is 0.438. The summed E-state index contributed by atoms with van der Waals surface area (Å²) in [5.74, 6) is 0. The molecule has 5 rings (SSSR count). The SMILES string of the molecule is CCN(CC)C(=C(Cc1ccccc1)C1=CC(c2ccc(N(CC)CC)cc2)N(c2ccccc2)N1)c1ccccc1. The van der Waals surface area contributed by atoms with Gasteiger partial charge in [-0.05, 0) is 74.7 Å². The van der Waals surface area contributed by atoms with Crippen LogP contribution in [0.5, 0.6) is 0 Å². The number of rotatable bonds is 12. The van der Waals surface area contributed by atoms with Gasteiger partial charge in [-0.2, -0.15) is 0 Å². The summed E-state index contributed by atoms with van der Waals surface area (Å²) in [7, 11) is 0. The van der Waals surface area contributed by atoms with E-state index in [1.807, 2.05) is 0 Å². The van der Waals surface area contributed by atoms with E-state index in [1.165, 1.54) is 33.6 Å². The molecule has 4 heteroatoms. The zero-order valence-electron chi connectivity index (χ0n) is 25.5. The molecule has 0 aliphatic carbocycles. The van der Waals surface area contributed by atoms with Crippen LogP contribution in [0.25, 0.3) is 5.70 Å². The van der Waals surface area contributed by atoms with Gasteiger partial charge >= 0.3 is 0 Å². The molecule has 1 atom stereocenters. The van der Waals surface area contributed by atoms with Crippen molar-refractivity contribution in [2.24, 2.45) is 0 Å². The van der Waals surface area contributed by atoms with Gasteiger partial charge < -0.3 is 9.80 Å². The Balaban J connectivity index is 1.67. The highest BCUT2D eigenvalue weighted by Crippen LogP contribution is 2.38. The van der Waals surface area contributed by atoms with Crippen molar-refractivity contribution in [2.45, 2.75) is 40.2 Å². The Morgan fingerprint density at radius 1 is 0.667 bits per heavy atom. The zero-order chi connectivity index (χ0) is 29.3. The molecule has 4 nitrogen and oxygen atoms in total. The normalized spacial score (nSPS) is 15.1. The van der Waals surface area contributed by atoms with Crippen LogP contribution >= 0.6 is 0 Å². The minimum absolute atomic E-state index is 0.0488. The summed E-state index contributed by atoms with van der Waals surface area (Å²) in [6.45, 7) is 12.8. The summed E-state index contributed by atoms with van der Waals surface area (Å²) >= 11 is 0. The van der Waals surface area contributed by atoms with Gasteiger partial charge in [-0.25, -0.2) is 0 Å². The topological polar surface area (TPSA) is 21.8 Å². The van der Waals surface area contributed by atoms with E-state index < -0.39 is 0 Å². The summed E-state index contributed by atoms with van der Waals surface area (Å²) in [5.41, 5.74) is 13.9. The van der Waals surface area contributed by atoms with E-state index in [0.717, 1.165) is 44.0 Å². The first-order chi connectivity index (χ1) is 20.7. The lowest BCUT2D eigenvalue weighted by Gasteiger charge is -2.31.